The second-order valence-corrected chi connectivity index (χ2v) is 4.45. The smallest absolute Gasteiger partial charge is 0.0351 e. The van der Waals surface area contributed by atoms with Crippen molar-refractivity contribution in [2.75, 3.05) is 0 Å². The van der Waals surface area contributed by atoms with Crippen LogP contribution in [0.4, 0.5) is 0 Å². The van der Waals surface area contributed by atoms with Gasteiger partial charge in [0.1, 0.15) is 0 Å². The molecule has 0 saturated heterocycles. The Labute approximate surface area is 90.8 Å². The molecule has 0 aliphatic rings. The molecule has 84 valence electrons. The maximum atomic E-state index is 2.41. The van der Waals surface area contributed by atoms with Gasteiger partial charge in [0.25, 0.3) is 0 Å². The second kappa shape index (κ2) is 10.8. The van der Waals surface area contributed by atoms with Crippen LogP contribution in [0.1, 0.15) is 72.1 Å². The molecule has 0 aliphatic carbocycles. The molecular weight excluding hydrogens is 168 g/mol. The van der Waals surface area contributed by atoms with Crippen molar-refractivity contribution < 1.29 is 0 Å². The molecule has 0 aliphatic heterocycles. The van der Waals surface area contributed by atoms with Gasteiger partial charge in [-0.1, -0.05) is 64.5 Å². The Morgan fingerprint density at radius 2 is 1.64 bits per heavy atom. The lowest BCUT2D eigenvalue weighted by Gasteiger charge is -2.09. The number of hydrogen-bond donors (Lipinski definition) is 0. The molecule has 0 bridgehead atoms. The lowest BCUT2D eigenvalue weighted by Crippen LogP contribution is -1.94. The first kappa shape index (κ1) is 13.7. The highest BCUT2D eigenvalue weighted by Crippen LogP contribution is 2.16. The summed E-state index contributed by atoms with van der Waals surface area (Å²) in [7, 11) is 0. The minimum Gasteiger partial charge on any atom is -0.0917 e. The van der Waals surface area contributed by atoms with E-state index in [2.05, 4.69) is 32.9 Å². The molecule has 1 atom stereocenters. The lowest BCUT2D eigenvalue weighted by atomic mass is 9.97. The summed E-state index contributed by atoms with van der Waals surface area (Å²) in [6.07, 6.45) is 15.6. The van der Waals surface area contributed by atoms with Gasteiger partial charge in [-0.3, -0.25) is 0 Å². The van der Waals surface area contributed by atoms with E-state index in [0.29, 0.717) is 0 Å². The van der Waals surface area contributed by atoms with Gasteiger partial charge in [-0.2, -0.15) is 0 Å². The summed E-state index contributed by atoms with van der Waals surface area (Å²) in [5, 5.41) is 0. The summed E-state index contributed by atoms with van der Waals surface area (Å²) < 4.78 is 0. The van der Waals surface area contributed by atoms with Crippen molar-refractivity contribution in [3.63, 3.8) is 0 Å². The molecule has 0 rings (SSSR count). The van der Waals surface area contributed by atoms with Gasteiger partial charge >= 0.3 is 0 Å². The third-order valence-electron chi connectivity index (χ3n) is 2.85. The van der Waals surface area contributed by atoms with E-state index < -0.39 is 0 Å². The Hall–Kier alpha value is -0.260. The zero-order valence-corrected chi connectivity index (χ0v) is 10.4. The van der Waals surface area contributed by atoms with Crippen molar-refractivity contribution in [1.29, 1.82) is 0 Å². The van der Waals surface area contributed by atoms with Gasteiger partial charge in [0, 0.05) is 0 Å². The van der Waals surface area contributed by atoms with E-state index in [1.54, 1.807) is 0 Å². The van der Waals surface area contributed by atoms with Crippen molar-refractivity contribution in [3.8, 4) is 0 Å². The fourth-order valence-corrected chi connectivity index (χ4v) is 1.81. The van der Waals surface area contributed by atoms with Gasteiger partial charge in [0.15, 0.2) is 0 Å². The summed E-state index contributed by atoms with van der Waals surface area (Å²) in [4.78, 5) is 0. The normalized spacial score (nSPS) is 13.6. The van der Waals surface area contributed by atoms with Gasteiger partial charge in [-0.05, 0) is 25.7 Å². The molecule has 1 unspecified atom stereocenters. The highest BCUT2D eigenvalue weighted by atomic mass is 14.1. The van der Waals surface area contributed by atoms with E-state index >= 15 is 0 Å². The first-order valence-electron chi connectivity index (χ1n) is 6.42. The summed E-state index contributed by atoms with van der Waals surface area (Å²) in [6, 6.07) is 0. The second-order valence-electron chi connectivity index (χ2n) is 4.45. The third-order valence-corrected chi connectivity index (χ3v) is 2.85. The molecule has 0 saturated carbocycles. The average molecular weight is 196 g/mol. The van der Waals surface area contributed by atoms with Crippen LogP contribution in [0, 0.1) is 5.92 Å². The standard InChI is InChI=1S/C14H28/c1-4-6-8-9-11-13-14(3)12-10-7-5-2/h4,6,14H,5,7-13H2,1-3H3. The molecule has 0 heterocycles. The maximum absolute atomic E-state index is 2.41. The minimum atomic E-state index is 0.951. The molecule has 0 aromatic rings. The van der Waals surface area contributed by atoms with E-state index in [1.165, 1.54) is 51.4 Å². The van der Waals surface area contributed by atoms with Gasteiger partial charge in [0.05, 0.1) is 0 Å². The van der Waals surface area contributed by atoms with Crippen molar-refractivity contribution in [3.05, 3.63) is 12.2 Å². The molecule has 0 radical (unpaired) electrons. The largest absolute Gasteiger partial charge is 0.0917 e. The van der Waals surface area contributed by atoms with Crippen LogP contribution in [-0.4, -0.2) is 0 Å². The van der Waals surface area contributed by atoms with Gasteiger partial charge in [-0.25, -0.2) is 0 Å². The van der Waals surface area contributed by atoms with E-state index in [0.717, 1.165) is 5.92 Å². The topological polar surface area (TPSA) is 0 Å². The third kappa shape index (κ3) is 9.83. The first-order valence-corrected chi connectivity index (χ1v) is 6.42. The summed E-state index contributed by atoms with van der Waals surface area (Å²) in [5.74, 6) is 0.951. The molecule has 0 fully saturated rings. The summed E-state index contributed by atoms with van der Waals surface area (Å²) >= 11 is 0. The van der Waals surface area contributed by atoms with Crippen molar-refractivity contribution in [2.24, 2.45) is 5.92 Å². The molecule has 0 aromatic heterocycles. The summed E-state index contributed by atoms with van der Waals surface area (Å²) in [6.45, 7) is 6.79. The van der Waals surface area contributed by atoms with Crippen molar-refractivity contribution in [1.82, 2.24) is 0 Å². The molecular formula is C14H28. The fourth-order valence-electron chi connectivity index (χ4n) is 1.81. The average Bonchev–Trinajstić information content (AvgIpc) is 2.18. The highest BCUT2D eigenvalue weighted by Gasteiger charge is 2.00. The van der Waals surface area contributed by atoms with Gasteiger partial charge in [-0.15, -0.1) is 0 Å². The van der Waals surface area contributed by atoms with Crippen molar-refractivity contribution >= 4 is 0 Å². The van der Waals surface area contributed by atoms with Crippen LogP contribution < -0.4 is 0 Å². The first-order chi connectivity index (χ1) is 6.81. The quantitative estimate of drug-likeness (QED) is 0.345. The fraction of sp³-hybridized carbons (Fsp3) is 0.857. The van der Waals surface area contributed by atoms with Gasteiger partial charge in [0.2, 0.25) is 0 Å². The lowest BCUT2D eigenvalue weighted by molar-refractivity contribution is 0.444. The predicted octanol–water partition coefficient (Wildman–Crippen LogP) is 5.34. The SMILES string of the molecule is CC=CCCCCC(C)CCCCC. The zero-order chi connectivity index (χ0) is 10.6. The van der Waals surface area contributed by atoms with E-state index in [1.807, 2.05) is 0 Å². The van der Waals surface area contributed by atoms with E-state index in [-0.39, 0.29) is 0 Å². The number of allylic oxidation sites excluding steroid dienone is 2. The molecule has 0 amide bonds. The molecule has 14 heavy (non-hydrogen) atoms. The van der Waals surface area contributed by atoms with Crippen molar-refractivity contribution in [2.45, 2.75) is 72.1 Å². The Balaban J connectivity index is 3.13. The van der Waals surface area contributed by atoms with E-state index in [4.69, 9.17) is 0 Å². The molecule has 0 N–H and O–H groups in total. The van der Waals surface area contributed by atoms with Crippen LogP contribution >= 0.6 is 0 Å². The Kier molecular flexibility index (Phi) is 10.6. The van der Waals surface area contributed by atoms with Gasteiger partial charge < -0.3 is 0 Å². The minimum absolute atomic E-state index is 0.951. The van der Waals surface area contributed by atoms with Crippen LogP contribution in [-0.2, 0) is 0 Å². The molecule has 0 spiro atoms. The molecule has 0 heteroatoms. The Morgan fingerprint density at radius 1 is 1.00 bits per heavy atom. The van der Waals surface area contributed by atoms with E-state index in [9.17, 15) is 0 Å². The van der Waals surface area contributed by atoms with Crippen LogP contribution in [0.5, 0.6) is 0 Å². The number of unbranched alkanes of at least 4 members (excludes halogenated alkanes) is 4. The van der Waals surface area contributed by atoms with Crippen LogP contribution in [0.15, 0.2) is 12.2 Å². The molecule has 0 aromatic carbocycles. The number of hydrogen-bond acceptors (Lipinski definition) is 0. The predicted molar refractivity (Wildman–Crippen MR) is 66.6 cm³/mol. The maximum Gasteiger partial charge on any atom is -0.0351 e. The Morgan fingerprint density at radius 3 is 2.21 bits per heavy atom. The zero-order valence-electron chi connectivity index (χ0n) is 10.4. The number of rotatable bonds is 9. The monoisotopic (exact) mass is 196 g/mol. The highest BCUT2D eigenvalue weighted by molar-refractivity contribution is 4.76. The van der Waals surface area contributed by atoms with Crippen LogP contribution in [0.2, 0.25) is 0 Å². The summed E-state index contributed by atoms with van der Waals surface area (Å²) in [5.41, 5.74) is 0. The van der Waals surface area contributed by atoms with Crippen LogP contribution in [0.25, 0.3) is 0 Å². The van der Waals surface area contributed by atoms with Crippen LogP contribution in [0.3, 0.4) is 0 Å². The molecule has 0 nitrogen and oxygen atoms in total. The Bertz CT molecular complexity index is 124.